The summed E-state index contributed by atoms with van der Waals surface area (Å²) in [5.41, 5.74) is 2.75. The summed E-state index contributed by atoms with van der Waals surface area (Å²) < 4.78 is 1.67. The van der Waals surface area contributed by atoms with E-state index in [9.17, 15) is 19.7 Å². The second-order valence-electron chi connectivity index (χ2n) is 9.39. The fourth-order valence-corrected chi connectivity index (χ4v) is 5.68. The molecule has 0 radical (unpaired) electrons. The predicted molar refractivity (Wildman–Crippen MR) is 149 cm³/mol. The number of aryl methyl sites for hydroxylation is 1. The van der Waals surface area contributed by atoms with Gasteiger partial charge in [0, 0.05) is 43.1 Å². The third kappa shape index (κ3) is 5.78. The van der Waals surface area contributed by atoms with Crippen LogP contribution in [0.4, 0.5) is 5.69 Å². The minimum Gasteiger partial charge on any atom is -0.339 e. The van der Waals surface area contributed by atoms with E-state index in [1.165, 1.54) is 23.9 Å². The second-order valence-corrected chi connectivity index (χ2v) is 10.3. The van der Waals surface area contributed by atoms with Crippen molar-refractivity contribution in [1.29, 1.82) is 0 Å². The quantitative estimate of drug-likeness (QED) is 0.130. The van der Waals surface area contributed by atoms with Gasteiger partial charge in [-0.1, -0.05) is 54.2 Å². The number of nitro groups is 1. The number of benzene rings is 3. The predicted octanol–water partition coefficient (Wildman–Crippen LogP) is 5.47. The Labute approximate surface area is 224 Å². The van der Waals surface area contributed by atoms with Crippen LogP contribution in [0.5, 0.6) is 0 Å². The van der Waals surface area contributed by atoms with Crippen LogP contribution in [0.1, 0.15) is 40.7 Å². The average Bonchev–Trinajstić information content (AvgIpc) is 2.96. The molecule has 0 N–H and O–H groups in total. The molecule has 0 unspecified atom stereocenters. The molecule has 1 saturated heterocycles. The third-order valence-corrected chi connectivity index (χ3v) is 7.81. The molecule has 1 aliphatic heterocycles. The van der Waals surface area contributed by atoms with Crippen molar-refractivity contribution in [3.05, 3.63) is 110 Å². The van der Waals surface area contributed by atoms with Crippen molar-refractivity contribution in [2.75, 3.05) is 13.1 Å². The summed E-state index contributed by atoms with van der Waals surface area (Å²) in [5, 5.41) is 12.2. The zero-order valence-corrected chi connectivity index (χ0v) is 21.7. The van der Waals surface area contributed by atoms with E-state index in [0.717, 1.165) is 43.5 Å². The van der Waals surface area contributed by atoms with Gasteiger partial charge in [0.25, 0.3) is 17.2 Å². The molecule has 4 aromatic rings. The first-order valence-electron chi connectivity index (χ1n) is 12.7. The fourth-order valence-electron chi connectivity index (χ4n) is 4.71. The number of hydrogen-bond donors (Lipinski definition) is 0. The van der Waals surface area contributed by atoms with Gasteiger partial charge in [-0.15, -0.1) is 0 Å². The molecule has 1 aromatic heterocycles. The van der Waals surface area contributed by atoms with E-state index in [4.69, 9.17) is 4.98 Å². The maximum absolute atomic E-state index is 13.6. The number of likely N-dealkylation sites (tertiary alicyclic amines) is 1. The lowest BCUT2D eigenvalue weighted by Gasteiger charge is -2.26. The zero-order chi connectivity index (χ0) is 26.5. The number of aromatic nitrogens is 2. The molecular weight excluding hydrogens is 500 g/mol. The standard InChI is InChI=1S/C29H28N4O4S/c34-27(31-15-5-2-6-16-31)23-12-13-25-26(19-23)30-29(38-20-22-10-7-11-24(18-22)33(36)37)32(28(25)35)17-14-21-8-3-1-4-9-21/h1,3-4,7-13,18-19H,2,5-6,14-17,20H2. The molecule has 2 heterocycles. The summed E-state index contributed by atoms with van der Waals surface area (Å²) in [7, 11) is 0. The maximum Gasteiger partial charge on any atom is 0.269 e. The van der Waals surface area contributed by atoms with Gasteiger partial charge in [0.15, 0.2) is 5.16 Å². The number of thioether (sulfide) groups is 1. The molecule has 5 rings (SSSR count). The topological polar surface area (TPSA) is 98.3 Å². The lowest BCUT2D eigenvalue weighted by atomic mass is 10.1. The first kappa shape index (κ1) is 25.7. The zero-order valence-electron chi connectivity index (χ0n) is 20.9. The van der Waals surface area contributed by atoms with Crippen LogP contribution in [0.15, 0.2) is 82.7 Å². The average molecular weight is 529 g/mol. The van der Waals surface area contributed by atoms with Gasteiger partial charge in [-0.05, 0) is 55.0 Å². The van der Waals surface area contributed by atoms with E-state index >= 15 is 0 Å². The van der Waals surface area contributed by atoms with Crippen LogP contribution in [0, 0.1) is 10.1 Å². The van der Waals surface area contributed by atoms with Crippen molar-refractivity contribution in [3.8, 4) is 0 Å². The Balaban J connectivity index is 1.49. The SMILES string of the molecule is O=C(c1ccc2c(=O)n(CCc3ccccc3)c(SCc3cccc([N+](=O)[O-])c3)nc2c1)N1CCCCC1. The Kier molecular flexibility index (Phi) is 7.83. The lowest BCUT2D eigenvalue weighted by molar-refractivity contribution is -0.384. The number of fused-ring (bicyclic) bond motifs is 1. The molecule has 8 nitrogen and oxygen atoms in total. The Morgan fingerprint density at radius 3 is 2.47 bits per heavy atom. The van der Waals surface area contributed by atoms with Crippen LogP contribution in [0.2, 0.25) is 0 Å². The van der Waals surface area contributed by atoms with Crippen LogP contribution in [-0.4, -0.2) is 38.4 Å². The number of carbonyl (C=O) groups excluding carboxylic acids is 1. The van der Waals surface area contributed by atoms with Gasteiger partial charge in [-0.2, -0.15) is 0 Å². The molecule has 0 spiro atoms. The summed E-state index contributed by atoms with van der Waals surface area (Å²) in [6.07, 6.45) is 3.80. The van der Waals surface area contributed by atoms with Gasteiger partial charge in [-0.3, -0.25) is 24.3 Å². The van der Waals surface area contributed by atoms with E-state index in [2.05, 4.69) is 0 Å². The molecule has 0 bridgehead atoms. The summed E-state index contributed by atoms with van der Waals surface area (Å²) in [4.78, 5) is 44.2. The van der Waals surface area contributed by atoms with Gasteiger partial charge in [-0.25, -0.2) is 4.98 Å². The maximum atomic E-state index is 13.6. The number of amides is 1. The number of hydrogen-bond acceptors (Lipinski definition) is 6. The first-order chi connectivity index (χ1) is 18.5. The first-order valence-corrected chi connectivity index (χ1v) is 13.7. The van der Waals surface area contributed by atoms with Gasteiger partial charge in [0.2, 0.25) is 0 Å². The normalized spacial score (nSPS) is 13.5. The molecule has 3 aromatic carbocycles. The van der Waals surface area contributed by atoms with Crippen molar-refractivity contribution in [2.45, 2.75) is 43.1 Å². The van der Waals surface area contributed by atoms with Crippen molar-refractivity contribution < 1.29 is 9.72 Å². The number of nitro benzene ring substituents is 1. The van der Waals surface area contributed by atoms with Crippen LogP contribution in [-0.2, 0) is 18.7 Å². The van der Waals surface area contributed by atoms with E-state index in [1.54, 1.807) is 28.8 Å². The van der Waals surface area contributed by atoms with Crippen molar-refractivity contribution in [1.82, 2.24) is 14.5 Å². The highest BCUT2D eigenvalue weighted by Gasteiger charge is 2.20. The largest absolute Gasteiger partial charge is 0.339 e. The summed E-state index contributed by atoms with van der Waals surface area (Å²) in [6, 6.07) is 21.5. The molecule has 194 valence electrons. The van der Waals surface area contributed by atoms with Crippen LogP contribution in [0.25, 0.3) is 10.9 Å². The van der Waals surface area contributed by atoms with Crippen molar-refractivity contribution >= 4 is 34.3 Å². The second kappa shape index (κ2) is 11.6. The summed E-state index contributed by atoms with van der Waals surface area (Å²) in [5.74, 6) is 0.379. The molecule has 9 heteroatoms. The monoisotopic (exact) mass is 528 g/mol. The number of carbonyl (C=O) groups is 1. The highest BCUT2D eigenvalue weighted by Crippen LogP contribution is 2.25. The van der Waals surface area contributed by atoms with E-state index < -0.39 is 4.92 Å². The van der Waals surface area contributed by atoms with Crippen molar-refractivity contribution in [2.24, 2.45) is 0 Å². The molecule has 0 saturated carbocycles. The van der Waals surface area contributed by atoms with E-state index in [-0.39, 0.29) is 17.2 Å². The van der Waals surface area contributed by atoms with Crippen LogP contribution < -0.4 is 5.56 Å². The highest BCUT2D eigenvalue weighted by molar-refractivity contribution is 7.98. The Morgan fingerprint density at radius 2 is 1.71 bits per heavy atom. The smallest absolute Gasteiger partial charge is 0.269 e. The number of piperidine rings is 1. The van der Waals surface area contributed by atoms with Gasteiger partial charge in [0.1, 0.15) is 0 Å². The summed E-state index contributed by atoms with van der Waals surface area (Å²) >= 11 is 1.36. The molecule has 38 heavy (non-hydrogen) atoms. The van der Waals surface area contributed by atoms with Crippen LogP contribution in [0.3, 0.4) is 0 Å². The summed E-state index contributed by atoms with van der Waals surface area (Å²) in [6.45, 7) is 1.93. The third-order valence-electron chi connectivity index (χ3n) is 6.77. The molecule has 0 aliphatic carbocycles. The Bertz CT molecular complexity index is 1530. The van der Waals surface area contributed by atoms with E-state index in [0.29, 0.717) is 40.3 Å². The van der Waals surface area contributed by atoms with Crippen LogP contribution >= 0.6 is 11.8 Å². The molecule has 0 atom stereocenters. The minimum absolute atomic E-state index is 0.0249. The minimum atomic E-state index is -0.418. The molecule has 1 amide bonds. The van der Waals surface area contributed by atoms with Gasteiger partial charge < -0.3 is 4.90 Å². The Morgan fingerprint density at radius 1 is 0.947 bits per heavy atom. The van der Waals surface area contributed by atoms with Gasteiger partial charge in [0.05, 0.1) is 15.8 Å². The van der Waals surface area contributed by atoms with Crippen molar-refractivity contribution in [3.63, 3.8) is 0 Å². The van der Waals surface area contributed by atoms with E-state index in [1.807, 2.05) is 41.3 Å². The van der Waals surface area contributed by atoms with Gasteiger partial charge >= 0.3 is 0 Å². The Hall–Kier alpha value is -3.98. The number of nitrogens with zero attached hydrogens (tertiary/aromatic N) is 4. The molecule has 1 aliphatic rings. The molecule has 1 fully saturated rings. The lowest BCUT2D eigenvalue weighted by Crippen LogP contribution is -2.35. The molecular formula is C29H28N4O4S. The number of non-ortho nitro benzene ring substituents is 1. The highest BCUT2D eigenvalue weighted by atomic mass is 32.2. The fraction of sp³-hybridized carbons (Fsp3) is 0.276. The number of rotatable bonds is 8.